The minimum absolute atomic E-state index is 0.262. The molecule has 110 valence electrons. The van der Waals surface area contributed by atoms with Gasteiger partial charge in [0, 0.05) is 0 Å². The van der Waals surface area contributed by atoms with Crippen molar-refractivity contribution in [2.24, 2.45) is 0 Å². The fourth-order valence-corrected chi connectivity index (χ4v) is 3.04. The zero-order chi connectivity index (χ0) is 15.5. The quantitative estimate of drug-likeness (QED) is 0.746. The van der Waals surface area contributed by atoms with Crippen molar-refractivity contribution in [3.63, 3.8) is 0 Å². The van der Waals surface area contributed by atoms with Gasteiger partial charge in [0.25, 0.3) is 0 Å². The van der Waals surface area contributed by atoms with Crippen LogP contribution < -0.4 is 5.73 Å². The molecule has 0 aliphatic rings. The highest BCUT2D eigenvalue weighted by molar-refractivity contribution is 7.19. The molecule has 1 heterocycles. The number of nitrogens with two attached hydrogens (primary N) is 1. The van der Waals surface area contributed by atoms with E-state index in [1.165, 1.54) is 18.4 Å². The molecule has 2 aromatic carbocycles. The number of aromatic nitrogens is 1. The van der Waals surface area contributed by atoms with E-state index in [-0.39, 0.29) is 5.69 Å². The summed E-state index contributed by atoms with van der Waals surface area (Å²) < 4.78 is 4.75. The van der Waals surface area contributed by atoms with E-state index in [1.807, 2.05) is 42.5 Å². The van der Waals surface area contributed by atoms with E-state index in [4.69, 9.17) is 10.5 Å². The molecule has 0 amide bonds. The maximum atomic E-state index is 11.8. The van der Waals surface area contributed by atoms with Gasteiger partial charge in [0.2, 0.25) is 0 Å². The third-order valence-corrected chi connectivity index (χ3v) is 4.21. The number of rotatable bonds is 3. The van der Waals surface area contributed by atoms with Gasteiger partial charge in [-0.25, -0.2) is 9.78 Å². The molecule has 0 atom stereocenters. The summed E-state index contributed by atoms with van der Waals surface area (Å²) in [6.45, 7) is 0. The largest absolute Gasteiger partial charge is 0.464 e. The summed E-state index contributed by atoms with van der Waals surface area (Å²) in [4.78, 5) is 16.6. The maximum absolute atomic E-state index is 11.8. The van der Waals surface area contributed by atoms with Crippen LogP contribution >= 0.6 is 11.3 Å². The summed E-state index contributed by atoms with van der Waals surface area (Å²) in [6.07, 6.45) is 0. The predicted octanol–water partition coefficient (Wildman–Crippen LogP) is 3.85. The molecule has 0 saturated carbocycles. The lowest BCUT2D eigenvalue weighted by Gasteiger charge is -2.04. The second-order valence-corrected chi connectivity index (χ2v) is 5.70. The Labute approximate surface area is 132 Å². The van der Waals surface area contributed by atoms with E-state index in [2.05, 4.69) is 17.1 Å². The van der Waals surface area contributed by atoms with E-state index < -0.39 is 5.97 Å². The number of methoxy groups -OCH3 is 1. The van der Waals surface area contributed by atoms with Crippen molar-refractivity contribution >= 4 is 22.4 Å². The highest BCUT2D eigenvalue weighted by Crippen LogP contribution is 2.33. The van der Waals surface area contributed by atoms with Crippen molar-refractivity contribution in [3.8, 4) is 21.6 Å². The van der Waals surface area contributed by atoms with Crippen LogP contribution in [0, 0.1) is 0 Å². The highest BCUT2D eigenvalue weighted by atomic mass is 32.1. The molecule has 2 N–H and O–H groups in total. The number of nitrogens with zero attached hydrogens (tertiary/aromatic N) is 1. The normalized spacial score (nSPS) is 10.4. The second-order valence-electron chi connectivity index (χ2n) is 4.66. The molecule has 0 fully saturated rings. The van der Waals surface area contributed by atoms with Gasteiger partial charge < -0.3 is 10.5 Å². The van der Waals surface area contributed by atoms with Crippen molar-refractivity contribution in [2.75, 3.05) is 12.8 Å². The van der Waals surface area contributed by atoms with E-state index in [0.29, 0.717) is 5.13 Å². The first-order valence-corrected chi connectivity index (χ1v) is 7.51. The Morgan fingerprint density at radius 2 is 1.59 bits per heavy atom. The number of benzene rings is 2. The molecule has 4 nitrogen and oxygen atoms in total. The molecule has 0 radical (unpaired) electrons. The lowest BCUT2D eigenvalue weighted by molar-refractivity contribution is 0.0596. The number of carbonyl (C=O) groups excluding carboxylic acids is 1. The van der Waals surface area contributed by atoms with Gasteiger partial charge in [0.15, 0.2) is 10.8 Å². The van der Waals surface area contributed by atoms with Crippen molar-refractivity contribution < 1.29 is 9.53 Å². The maximum Gasteiger partial charge on any atom is 0.358 e. The highest BCUT2D eigenvalue weighted by Gasteiger charge is 2.19. The number of anilines is 1. The number of hydrogen-bond donors (Lipinski definition) is 1. The second kappa shape index (κ2) is 5.99. The monoisotopic (exact) mass is 310 g/mol. The van der Waals surface area contributed by atoms with Gasteiger partial charge in [-0.05, 0) is 16.7 Å². The fourth-order valence-electron chi connectivity index (χ4n) is 2.21. The molecule has 0 unspecified atom stereocenters. The zero-order valence-corrected chi connectivity index (χ0v) is 12.8. The molecular formula is C17H14N2O2S. The van der Waals surface area contributed by atoms with Gasteiger partial charge in [-0.2, -0.15) is 0 Å². The summed E-state index contributed by atoms with van der Waals surface area (Å²) >= 11 is 1.28. The van der Waals surface area contributed by atoms with E-state index in [0.717, 1.165) is 21.6 Å². The zero-order valence-electron chi connectivity index (χ0n) is 11.9. The smallest absolute Gasteiger partial charge is 0.358 e. The number of hydrogen-bond acceptors (Lipinski definition) is 5. The van der Waals surface area contributed by atoms with Crippen LogP contribution in [0.5, 0.6) is 0 Å². The van der Waals surface area contributed by atoms with Gasteiger partial charge in [-0.1, -0.05) is 65.9 Å². The third-order valence-electron chi connectivity index (χ3n) is 3.28. The first-order valence-electron chi connectivity index (χ1n) is 6.69. The van der Waals surface area contributed by atoms with Crippen LogP contribution in [-0.4, -0.2) is 18.1 Å². The average Bonchev–Trinajstić information content (AvgIpc) is 2.97. The standard InChI is InChI=1S/C17H14N2O2S/c1-21-16(20)14-15(22-17(18)19-14)13-9-7-12(8-10-13)11-5-3-2-4-6-11/h2-10H,1H3,(H2,18,19). The Morgan fingerprint density at radius 1 is 1.00 bits per heavy atom. The lowest BCUT2D eigenvalue weighted by atomic mass is 10.0. The van der Waals surface area contributed by atoms with Gasteiger partial charge in [-0.15, -0.1) is 0 Å². The first kappa shape index (κ1) is 14.3. The molecule has 3 aromatic rings. The van der Waals surface area contributed by atoms with Crippen LogP contribution in [0.3, 0.4) is 0 Å². The van der Waals surface area contributed by atoms with Crippen LogP contribution in [-0.2, 0) is 4.74 Å². The Balaban J connectivity index is 1.99. The Kier molecular flexibility index (Phi) is 3.89. The fraction of sp³-hybridized carbons (Fsp3) is 0.0588. The Bertz CT molecular complexity index is 795. The minimum atomic E-state index is -0.477. The van der Waals surface area contributed by atoms with Crippen LogP contribution in [0.15, 0.2) is 54.6 Å². The summed E-state index contributed by atoms with van der Waals surface area (Å²) in [7, 11) is 1.33. The van der Waals surface area contributed by atoms with Crippen LogP contribution in [0.25, 0.3) is 21.6 Å². The van der Waals surface area contributed by atoms with Gasteiger partial charge in [-0.3, -0.25) is 0 Å². The summed E-state index contributed by atoms with van der Waals surface area (Å²) in [5.41, 5.74) is 9.15. The molecule has 22 heavy (non-hydrogen) atoms. The predicted molar refractivity (Wildman–Crippen MR) is 88.7 cm³/mol. The summed E-state index contributed by atoms with van der Waals surface area (Å²) in [6, 6.07) is 18.1. The van der Waals surface area contributed by atoms with Gasteiger partial charge in [0.1, 0.15) is 0 Å². The molecule has 1 aromatic heterocycles. The first-order chi connectivity index (χ1) is 10.7. The van der Waals surface area contributed by atoms with E-state index in [9.17, 15) is 4.79 Å². The van der Waals surface area contributed by atoms with Crippen molar-refractivity contribution in [3.05, 3.63) is 60.3 Å². The lowest BCUT2D eigenvalue weighted by Crippen LogP contribution is -2.03. The number of nitrogen functional groups attached to an aromatic ring is 1. The molecule has 0 spiro atoms. The van der Waals surface area contributed by atoms with Crippen LogP contribution in [0.4, 0.5) is 5.13 Å². The minimum Gasteiger partial charge on any atom is -0.464 e. The van der Waals surface area contributed by atoms with Crippen LogP contribution in [0.1, 0.15) is 10.5 Å². The van der Waals surface area contributed by atoms with Crippen LogP contribution in [0.2, 0.25) is 0 Å². The number of thiazole rings is 1. The van der Waals surface area contributed by atoms with Gasteiger partial charge in [0.05, 0.1) is 12.0 Å². The molecule has 3 rings (SSSR count). The molecule has 0 aliphatic heterocycles. The summed E-state index contributed by atoms with van der Waals surface area (Å²) in [5, 5.41) is 0.350. The molecule has 0 aliphatic carbocycles. The van der Waals surface area contributed by atoms with Gasteiger partial charge >= 0.3 is 5.97 Å². The van der Waals surface area contributed by atoms with Crippen molar-refractivity contribution in [1.29, 1.82) is 0 Å². The number of ether oxygens (including phenoxy) is 1. The van der Waals surface area contributed by atoms with Crippen molar-refractivity contribution in [1.82, 2.24) is 4.98 Å². The molecule has 0 saturated heterocycles. The Hall–Kier alpha value is -2.66. The average molecular weight is 310 g/mol. The van der Waals surface area contributed by atoms with Crippen molar-refractivity contribution in [2.45, 2.75) is 0 Å². The molecule has 0 bridgehead atoms. The van der Waals surface area contributed by atoms with E-state index >= 15 is 0 Å². The van der Waals surface area contributed by atoms with E-state index in [1.54, 1.807) is 0 Å². The summed E-state index contributed by atoms with van der Waals surface area (Å²) in [5.74, 6) is -0.477. The third kappa shape index (κ3) is 2.71. The topological polar surface area (TPSA) is 65.2 Å². The molecular weight excluding hydrogens is 296 g/mol. The Morgan fingerprint density at radius 3 is 2.23 bits per heavy atom. The number of carbonyl (C=O) groups is 1. The number of esters is 1. The SMILES string of the molecule is COC(=O)c1nc(N)sc1-c1ccc(-c2ccccc2)cc1. The molecule has 5 heteroatoms.